The first-order chi connectivity index (χ1) is 9.02. The molecule has 1 aromatic carbocycles. The van der Waals surface area contributed by atoms with E-state index in [0.717, 1.165) is 25.9 Å². The van der Waals surface area contributed by atoms with Crippen molar-refractivity contribution < 1.29 is 0 Å². The smallest absolute Gasteiger partial charge is 0.148 e. The van der Waals surface area contributed by atoms with Crippen LogP contribution in [-0.4, -0.2) is 4.98 Å². The van der Waals surface area contributed by atoms with E-state index in [1.54, 1.807) is 0 Å². The summed E-state index contributed by atoms with van der Waals surface area (Å²) in [6.07, 6.45) is 0. The topological polar surface area (TPSA) is 48.7 Å². The summed E-state index contributed by atoms with van der Waals surface area (Å²) < 4.78 is 1.82. The molecule has 0 saturated carbocycles. The molecule has 1 N–H and O–H groups in total. The first kappa shape index (κ1) is 14.0. The van der Waals surface area contributed by atoms with E-state index in [4.69, 9.17) is 0 Å². The Labute approximate surface area is 128 Å². The van der Waals surface area contributed by atoms with E-state index in [1.807, 2.05) is 38.1 Å². The zero-order valence-electron chi connectivity index (χ0n) is 10.5. The van der Waals surface area contributed by atoms with Crippen LogP contribution in [0.25, 0.3) is 0 Å². The van der Waals surface area contributed by atoms with Gasteiger partial charge in [-0.1, -0.05) is 6.07 Å². The van der Waals surface area contributed by atoms with Gasteiger partial charge >= 0.3 is 0 Å². The normalized spacial score (nSPS) is 10.1. The Bertz CT molecular complexity index is 655. The molecule has 2 aromatic rings. The van der Waals surface area contributed by atoms with Gasteiger partial charge in [0.25, 0.3) is 0 Å². The lowest BCUT2D eigenvalue weighted by Gasteiger charge is -2.13. The van der Waals surface area contributed by atoms with Crippen LogP contribution in [0.15, 0.2) is 33.2 Å². The molecule has 0 bridgehead atoms. The Balaban J connectivity index is 2.53. The number of hydrogen-bond acceptors (Lipinski definition) is 3. The summed E-state index contributed by atoms with van der Waals surface area (Å²) in [5, 5.41) is 12.5. The standard InChI is InChI=1S/C14H11Br2N3/c1-8-6-9(2)18-14(10(8)7-17)19-13-11(15)4-3-5-12(13)16/h3-6H,1-2H3,(H,18,19). The number of pyridine rings is 1. The molecule has 19 heavy (non-hydrogen) atoms. The predicted octanol–water partition coefficient (Wildman–Crippen LogP) is 4.84. The average molecular weight is 381 g/mol. The fraction of sp³-hybridized carbons (Fsp3) is 0.143. The molecule has 0 saturated heterocycles. The van der Waals surface area contributed by atoms with Gasteiger partial charge in [0.05, 0.1) is 11.3 Å². The second kappa shape index (κ2) is 5.72. The molecule has 3 nitrogen and oxygen atoms in total. The fourth-order valence-corrected chi connectivity index (χ4v) is 3.00. The number of hydrogen-bond donors (Lipinski definition) is 1. The van der Waals surface area contributed by atoms with Crippen LogP contribution in [0.3, 0.4) is 0 Å². The molecule has 0 amide bonds. The van der Waals surface area contributed by atoms with Crippen LogP contribution >= 0.6 is 31.9 Å². The second-order valence-corrected chi connectivity index (χ2v) is 5.85. The Hall–Kier alpha value is -1.38. The van der Waals surface area contributed by atoms with Crippen molar-refractivity contribution in [2.24, 2.45) is 0 Å². The zero-order chi connectivity index (χ0) is 14.0. The van der Waals surface area contributed by atoms with Crippen molar-refractivity contribution in [3.63, 3.8) is 0 Å². The number of anilines is 2. The Morgan fingerprint density at radius 2 is 1.84 bits per heavy atom. The number of halogens is 2. The summed E-state index contributed by atoms with van der Waals surface area (Å²) in [7, 11) is 0. The third kappa shape index (κ3) is 2.96. The SMILES string of the molecule is Cc1cc(C)c(C#N)c(Nc2c(Br)cccc2Br)n1. The van der Waals surface area contributed by atoms with Gasteiger partial charge in [0, 0.05) is 14.6 Å². The maximum atomic E-state index is 9.25. The van der Waals surface area contributed by atoms with Crippen LogP contribution in [0.5, 0.6) is 0 Å². The van der Waals surface area contributed by atoms with Crippen LogP contribution < -0.4 is 5.32 Å². The third-order valence-electron chi connectivity index (χ3n) is 2.66. The monoisotopic (exact) mass is 379 g/mol. The number of rotatable bonds is 2. The van der Waals surface area contributed by atoms with E-state index in [1.165, 1.54) is 0 Å². The molecular formula is C14H11Br2N3. The molecule has 0 fully saturated rings. The summed E-state index contributed by atoms with van der Waals surface area (Å²) in [6.45, 7) is 3.82. The van der Waals surface area contributed by atoms with Gasteiger partial charge in [-0.25, -0.2) is 4.98 Å². The summed E-state index contributed by atoms with van der Waals surface area (Å²) in [6, 6.07) is 9.89. The van der Waals surface area contributed by atoms with Gasteiger partial charge in [0.15, 0.2) is 0 Å². The molecule has 0 radical (unpaired) electrons. The number of aryl methyl sites for hydroxylation is 2. The highest BCUT2D eigenvalue weighted by molar-refractivity contribution is 9.11. The molecule has 0 spiro atoms. The number of benzene rings is 1. The molecular weight excluding hydrogens is 370 g/mol. The van der Waals surface area contributed by atoms with Gasteiger partial charge in [-0.3, -0.25) is 0 Å². The first-order valence-electron chi connectivity index (χ1n) is 5.62. The highest BCUT2D eigenvalue weighted by atomic mass is 79.9. The Morgan fingerprint density at radius 3 is 2.42 bits per heavy atom. The van der Waals surface area contributed by atoms with Crippen molar-refractivity contribution in [1.82, 2.24) is 4.98 Å². The number of nitrogens with one attached hydrogen (secondary N) is 1. The molecule has 0 aliphatic heterocycles. The fourth-order valence-electron chi connectivity index (χ4n) is 1.80. The average Bonchev–Trinajstić information content (AvgIpc) is 2.33. The van der Waals surface area contributed by atoms with Gasteiger partial charge in [0.1, 0.15) is 11.9 Å². The lowest BCUT2D eigenvalue weighted by molar-refractivity contribution is 1.16. The van der Waals surface area contributed by atoms with E-state index in [0.29, 0.717) is 11.4 Å². The predicted molar refractivity (Wildman–Crippen MR) is 83.6 cm³/mol. The van der Waals surface area contributed by atoms with Crippen LogP contribution in [0.2, 0.25) is 0 Å². The molecule has 1 aromatic heterocycles. The highest BCUT2D eigenvalue weighted by Gasteiger charge is 2.11. The minimum absolute atomic E-state index is 0.563. The second-order valence-electron chi connectivity index (χ2n) is 4.14. The van der Waals surface area contributed by atoms with Crippen molar-refractivity contribution in [2.45, 2.75) is 13.8 Å². The summed E-state index contributed by atoms with van der Waals surface area (Å²) in [5.41, 5.74) is 3.22. The van der Waals surface area contributed by atoms with Crippen molar-refractivity contribution in [3.05, 3.63) is 50.0 Å². The van der Waals surface area contributed by atoms with Gasteiger partial charge in [-0.15, -0.1) is 0 Å². The van der Waals surface area contributed by atoms with Crippen LogP contribution in [-0.2, 0) is 0 Å². The van der Waals surface area contributed by atoms with Crippen molar-refractivity contribution >= 4 is 43.4 Å². The largest absolute Gasteiger partial charge is 0.337 e. The zero-order valence-corrected chi connectivity index (χ0v) is 13.6. The van der Waals surface area contributed by atoms with Gasteiger partial charge < -0.3 is 5.32 Å². The Morgan fingerprint density at radius 1 is 1.21 bits per heavy atom. The van der Waals surface area contributed by atoms with Gasteiger partial charge in [0.2, 0.25) is 0 Å². The third-order valence-corrected chi connectivity index (χ3v) is 3.98. The van der Waals surface area contributed by atoms with Crippen LogP contribution in [0, 0.1) is 25.2 Å². The van der Waals surface area contributed by atoms with Crippen LogP contribution in [0.1, 0.15) is 16.8 Å². The first-order valence-corrected chi connectivity index (χ1v) is 7.21. The molecule has 0 aliphatic carbocycles. The van der Waals surface area contributed by atoms with E-state index < -0.39 is 0 Å². The summed E-state index contributed by atoms with van der Waals surface area (Å²) in [4.78, 5) is 4.41. The van der Waals surface area contributed by atoms with E-state index in [2.05, 4.69) is 48.2 Å². The summed E-state index contributed by atoms with van der Waals surface area (Å²) in [5.74, 6) is 0.576. The van der Waals surface area contributed by atoms with Crippen LogP contribution in [0.4, 0.5) is 11.5 Å². The number of aromatic nitrogens is 1. The number of nitriles is 1. The molecule has 0 unspecified atom stereocenters. The minimum Gasteiger partial charge on any atom is -0.337 e. The number of para-hydroxylation sites is 1. The number of nitrogens with zero attached hydrogens (tertiary/aromatic N) is 2. The molecule has 5 heteroatoms. The van der Waals surface area contributed by atoms with Crippen molar-refractivity contribution in [1.29, 1.82) is 5.26 Å². The molecule has 1 heterocycles. The summed E-state index contributed by atoms with van der Waals surface area (Å²) >= 11 is 6.97. The van der Waals surface area contributed by atoms with Gasteiger partial charge in [-0.2, -0.15) is 5.26 Å². The van der Waals surface area contributed by atoms with E-state index >= 15 is 0 Å². The van der Waals surface area contributed by atoms with Crippen molar-refractivity contribution in [3.8, 4) is 6.07 Å². The lowest BCUT2D eigenvalue weighted by Crippen LogP contribution is -2.01. The van der Waals surface area contributed by atoms with E-state index in [9.17, 15) is 5.26 Å². The van der Waals surface area contributed by atoms with Gasteiger partial charge in [-0.05, 0) is 69.5 Å². The Kier molecular flexibility index (Phi) is 4.23. The molecule has 96 valence electrons. The van der Waals surface area contributed by atoms with Crippen molar-refractivity contribution in [2.75, 3.05) is 5.32 Å². The quantitative estimate of drug-likeness (QED) is 0.810. The van der Waals surface area contributed by atoms with E-state index in [-0.39, 0.29) is 0 Å². The molecule has 2 rings (SSSR count). The highest BCUT2D eigenvalue weighted by Crippen LogP contribution is 2.33. The maximum absolute atomic E-state index is 9.25. The lowest BCUT2D eigenvalue weighted by atomic mass is 10.1. The molecule has 0 atom stereocenters. The maximum Gasteiger partial charge on any atom is 0.148 e. The minimum atomic E-state index is 0.563. The molecule has 0 aliphatic rings.